The molecule has 1 aliphatic heterocycles. The Morgan fingerprint density at radius 2 is 1.85 bits per heavy atom. The van der Waals surface area contributed by atoms with Crippen LogP contribution >= 0.6 is 0 Å². The maximum absolute atomic E-state index is 11.8. The van der Waals surface area contributed by atoms with E-state index in [1.165, 1.54) is 12.8 Å². The minimum absolute atomic E-state index is 0.122. The van der Waals surface area contributed by atoms with E-state index in [-0.39, 0.29) is 5.41 Å². The fourth-order valence-corrected chi connectivity index (χ4v) is 1.56. The van der Waals surface area contributed by atoms with Gasteiger partial charge in [0.15, 0.2) is 5.78 Å². The van der Waals surface area contributed by atoms with Gasteiger partial charge in [-0.25, -0.2) is 0 Å². The summed E-state index contributed by atoms with van der Waals surface area (Å²) in [5.41, 5.74) is -0.122. The standard InChI is InChI=1S/C11H21NO/c1-4-11(2,3)10(13)9-12-7-5-6-8-12/h4-9H2,1-3H3. The van der Waals surface area contributed by atoms with E-state index in [4.69, 9.17) is 0 Å². The number of nitrogens with zero attached hydrogens (tertiary/aromatic N) is 1. The molecule has 13 heavy (non-hydrogen) atoms. The van der Waals surface area contributed by atoms with E-state index >= 15 is 0 Å². The van der Waals surface area contributed by atoms with E-state index in [2.05, 4.69) is 11.8 Å². The zero-order valence-electron chi connectivity index (χ0n) is 9.10. The molecule has 0 radical (unpaired) electrons. The molecule has 0 saturated carbocycles. The van der Waals surface area contributed by atoms with Gasteiger partial charge in [-0.2, -0.15) is 0 Å². The molecule has 0 unspecified atom stereocenters. The van der Waals surface area contributed by atoms with Crippen molar-refractivity contribution in [3.8, 4) is 0 Å². The molecular weight excluding hydrogens is 162 g/mol. The van der Waals surface area contributed by atoms with Gasteiger partial charge in [0.05, 0.1) is 6.54 Å². The summed E-state index contributed by atoms with van der Waals surface area (Å²) in [6.45, 7) is 9.08. The predicted molar refractivity (Wildman–Crippen MR) is 54.8 cm³/mol. The van der Waals surface area contributed by atoms with Crippen molar-refractivity contribution in [3.05, 3.63) is 0 Å². The van der Waals surface area contributed by atoms with Gasteiger partial charge >= 0.3 is 0 Å². The van der Waals surface area contributed by atoms with Crippen LogP contribution in [0.4, 0.5) is 0 Å². The van der Waals surface area contributed by atoms with Crippen molar-refractivity contribution < 1.29 is 4.79 Å². The maximum atomic E-state index is 11.8. The smallest absolute Gasteiger partial charge is 0.152 e. The topological polar surface area (TPSA) is 20.3 Å². The van der Waals surface area contributed by atoms with Gasteiger partial charge in [0.2, 0.25) is 0 Å². The van der Waals surface area contributed by atoms with Gasteiger partial charge in [-0.15, -0.1) is 0 Å². The van der Waals surface area contributed by atoms with Gasteiger partial charge in [-0.05, 0) is 32.4 Å². The molecular formula is C11H21NO. The quantitative estimate of drug-likeness (QED) is 0.665. The summed E-state index contributed by atoms with van der Waals surface area (Å²) >= 11 is 0. The number of likely N-dealkylation sites (tertiary alicyclic amines) is 1. The van der Waals surface area contributed by atoms with E-state index in [0.717, 1.165) is 19.5 Å². The lowest BCUT2D eigenvalue weighted by atomic mass is 9.85. The number of hydrogen-bond acceptors (Lipinski definition) is 2. The average molecular weight is 183 g/mol. The molecule has 1 saturated heterocycles. The van der Waals surface area contributed by atoms with E-state index in [1.807, 2.05) is 13.8 Å². The summed E-state index contributed by atoms with van der Waals surface area (Å²) in [6, 6.07) is 0. The molecule has 0 aromatic rings. The van der Waals surface area contributed by atoms with Crippen LogP contribution in [-0.4, -0.2) is 30.3 Å². The Morgan fingerprint density at radius 1 is 1.31 bits per heavy atom. The highest BCUT2D eigenvalue weighted by molar-refractivity contribution is 5.85. The third kappa shape index (κ3) is 2.80. The van der Waals surface area contributed by atoms with Gasteiger partial charge in [0, 0.05) is 5.41 Å². The van der Waals surface area contributed by atoms with Crippen LogP contribution in [0.25, 0.3) is 0 Å². The second-order valence-electron chi connectivity index (χ2n) is 4.64. The van der Waals surface area contributed by atoms with Crippen LogP contribution < -0.4 is 0 Å². The summed E-state index contributed by atoms with van der Waals surface area (Å²) < 4.78 is 0. The second kappa shape index (κ2) is 4.23. The molecule has 1 aliphatic rings. The number of Topliss-reactive ketones (excluding diaryl/α,β-unsaturated/α-hetero) is 1. The highest BCUT2D eigenvalue weighted by Crippen LogP contribution is 2.22. The lowest BCUT2D eigenvalue weighted by molar-refractivity contribution is -0.128. The SMILES string of the molecule is CCC(C)(C)C(=O)CN1CCCC1. The van der Waals surface area contributed by atoms with Crippen LogP contribution in [-0.2, 0) is 4.79 Å². The maximum Gasteiger partial charge on any atom is 0.152 e. The van der Waals surface area contributed by atoms with E-state index in [1.54, 1.807) is 0 Å². The molecule has 2 heteroatoms. The highest BCUT2D eigenvalue weighted by Gasteiger charge is 2.27. The van der Waals surface area contributed by atoms with Gasteiger partial charge < -0.3 is 0 Å². The fraction of sp³-hybridized carbons (Fsp3) is 0.909. The summed E-state index contributed by atoms with van der Waals surface area (Å²) in [6.07, 6.45) is 3.47. The molecule has 0 aromatic carbocycles. The molecule has 0 bridgehead atoms. The number of carbonyl (C=O) groups is 1. The van der Waals surface area contributed by atoms with Crippen LogP contribution in [0.15, 0.2) is 0 Å². The first-order chi connectivity index (χ1) is 6.06. The van der Waals surface area contributed by atoms with Gasteiger partial charge in [0.25, 0.3) is 0 Å². The molecule has 0 spiro atoms. The first-order valence-corrected chi connectivity index (χ1v) is 5.32. The van der Waals surface area contributed by atoms with Crippen LogP contribution in [0.2, 0.25) is 0 Å². The van der Waals surface area contributed by atoms with E-state index < -0.39 is 0 Å². The van der Waals surface area contributed by atoms with Crippen molar-refractivity contribution in [2.45, 2.75) is 40.0 Å². The number of hydrogen-bond donors (Lipinski definition) is 0. The molecule has 0 atom stereocenters. The zero-order chi connectivity index (χ0) is 9.90. The predicted octanol–water partition coefficient (Wildman–Crippen LogP) is 2.09. The Morgan fingerprint density at radius 3 is 2.31 bits per heavy atom. The molecule has 0 aromatic heterocycles. The molecule has 0 amide bonds. The second-order valence-corrected chi connectivity index (χ2v) is 4.64. The molecule has 1 heterocycles. The Labute approximate surface area is 81.3 Å². The van der Waals surface area contributed by atoms with Crippen LogP contribution in [0.3, 0.4) is 0 Å². The first kappa shape index (κ1) is 10.7. The number of carbonyl (C=O) groups excluding carboxylic acids is 1. The summed E-state index contributed by atoms with van der Waals surface area (Å²) in [5, 5.41) is 0. The van der Waals surface area contributed by atoms with Crippen LogP contribution in [0.1, 0.15) is 40.0 Å². The molecule has 76 valence electrons. The molecule has 1 rings (SSSR count). The van der Waals surface area contributed by atoms with Crippen molar-refractivity contribution in [2.75, 3.05) is 19.6 Å². The summed E-state index contributed by atoms with van der Waals surface area (Å²) in [7, 11) is 0. The molecule has 2 nitrogen and oxygen atoms in total. The van der Waals surface area contributed by atoms with E-state index in [9.17, 15) is 4.79 Å². The van der Waals surface area contributed by atoms with Crippen molar-refractivity contribution in [2.24, 2.45) is 5.41 Å². The average Bonchev–Trinajstić information content (AvgIpc) is 2.57. The molecule has 0 aliphatic carbocycles. The monoisotopic (exact) mass is 183 g/mol. The number of rotatable bonds is 4. The minimum Gasteiger partial charge on any atom is -0.298 e. The summed E-state index contributed by atoms with van der Waals surface area (Å²) in [5.74, 6) is 0.400. The largest absolute Gasteiger partial charge is 0.298 e. The Balaban J connectivity index is 2.39. The van der Waals surface area contributed by atoms with Crippen molar-refractivity contribution in [3.63, 3.8) is 0 Å². The third-order valence-corrected chi connectivity index (χ3v) is 3.20. The minimum atomic E-state index is -0.122. The third-order valence-electron chi connectivity index (χ3n) is 3.20. The molecule has 1 fully saturated rings. The van der Waals surface area contributed by atoms with Gasteiger partial charge in [-0.3, -0.25) is 9.69 Å². The zero-order valence-corrected chi connectivity index (χ0v) is 9.10. The number of ketones is 1. The van der Waals surface area contributed by atoms with Crippen LogP contribution in [0.5, 0.6) is 0 Å². The van der Waals surface area contributed by atoms with Crippen LogP contribution in [0, 0.1) is 5.41 Å². The van der Waals surface area contributed by atoms with Crippen molar-refractivity contribution >= 4 is 5.78 Å². The lowest BCUT2D eigenvalue weighted by Gasteiger charge is -2.24. The molecule has 0 N–H and O–H groups in total. The Kier molecular flexibility index (Phi) is 3.48. The Hall–Kier alpha value is -0.370. The first-order valence-electron chi connectivity index (χ1n) is 5.32. The van der Waals surface area contributed by atoms with Gasteiger partial charge in [-0.1, -0.05) is 20.8 Å². The lowest BCUT2D eigenvalue weighted by Crippen LogP contribution is -2.35. The fourth-order valence-electron chi connectivity index (χ4n) is 1.56. The van der Waals surface area contributed by atoms with Gasteiger partial charge in [0.1, 0.15) is 0 Å². The van der Waals surface area contributed by atoms with Crippen molar-refractivity contribution in [1.29, 1.82) is 0 Å². The van der Waals surface area contributed by atoms with E-state index in [0.29, 0.717) is 12.3 Å². The Bertz CT molecular complexity index is 181. The summed E-state index contributed by atoms with van der Waals surface area (Å²) in [4.78, 5) is 14.1. The highest BCUT2D eigenvalue weighted by atomic mass is 16.1. The van der Waals surface area contributed by atoms with Crippen molar-refractivity contribution in [1.82, 2.24) is 4.90 Å². The normalized spacial score (nSPS) is 19.3.